The van der Waals surface area contributed by atoms with Gasteiger partial charge in [0.15, 0.2) is 0 Å². The van der Waals surface area contributed by atoms with E-state index in [-0.39, 0.29) is 17.4 Å². The normalized spacial score (nSPS) is 10.8. The molecule has 2 rings (SSSR count). The molecule has 0 aliphatic heterocycles. The molecule has 1 amide bonds. The van der Waals surface area contributed by atoms with Gasteiger partial charge in [-0.15, -0.1) is 0 Å². The van der Waals surface area contributed by atoms with Crippen LogP contribution in [0.4, 0.5) is 4.39 Å². The van der Waals surface area contributed by atoms with Gasteiger partial charge in [-0.1, -0.05) is 0 Å². The number of benzene rings is 1. The summed E-state index contributed by atoms with van der Waals surface area (Å²) < 4.78 is 13.3. The molecular weight excluding hydrogens is 299 g/mol. The summed E-state index contributed by atoms with van der Waals surface area (Å²) in [6.07, 6.45) is 0. The van der Waals surface area contributed by atoms with Gasteiger partial charge in [0, 0.05) is 18.7 Å². The second kappa shape index (κ2) is 7.15. The van der Waals surface area contributed by atoms with Gasteiger partial charge in [0.05, 0.1) is 5.69 Å². The van der Waals surface area contributed by atoms with Crippen molar-refractivity contribution in [3.63, 3.8) is 0 Å². The van der Waals surface area contributed by atoms with Gasteiger partial charge in [0.1, 0.15) is 11.5 Å². The van der Waals surface area contributed by atoms with Crippen LogP contribution >= 0.6 is 0 Å². The zero-order valence-corrected chi connectivity index (χ0v) is 13.3. The number of halogens is 1. The lowest BCUT2D eigenvalue weighted by Crippen LogP contribution is -2.33. The largest absolute Gasteiger partial charge is 0.349 e. The fourth-order valence-electron chi connectivity index (χ4n) is 2.02. The molecule has 0 fully saturated rings. The predicted octanol–water partition coefficient (Wildman–Crippen LogP) is 1.18. The molecule has 122 valence electrons. The van der Waals surface area contributed by atoms with Gasteiger partial charge < -0.3 is 15.2 Å². The number of H-pyrrole nitrogens is 1. The van der Waals surface area contributed by atoms with Gasteiger partial charge in [0.25, 0.3) is 5.91 Å². The highest BCUT2D eigenvalue weighted by Crippen LogP contribution is 2.19. The van der Waals surface area contributed by atoms with E-state index >= 15 is 0 Å². The highest BCUT2D eigenvalue weighted by Gasteiger charge is 2.11. The summed E-state index contributed by atoms with van der Waals surface area (Å²) in [5.41, 5.74) is 0.858. The summed E-state index contributed by atoms with van der Waals surface area (Å²) in [7, 11) is 3.80. The quantitative estimate of drug-likeness (QED) is 0.868. The molecule has 0 bridgehead atoms. The average molecular weight is 318 g/mol. The summed E-state index contributed by atoms with van der Waals surface area (Å²) in [5.74, 6) is -0.716. The van der Waals surface area contributed by atoms with Crippen LogP contribution < -0.4 is 11.0 Å². The number of hydrogen-bond donors (Lipinski definition) is 2. The Morgan fingerprint density at radius 1 is 1.35 bits per heavy atom. The third-order valence-corrected chi connectivity index (χ3v) is 3.29. The van der Waals surface area contributed by atoms with E-state index in [1.54, 1.807) is 13.0 Å². The second-order valence-corrected chi connectivity index (χ2v) is 5.51. The molecular formula is C16H19FN4O2. The van der Waals surface area contributed by atoms with Gasteiger partial charge in [0.2, 0.25) is 0 Å². The van der Waals surface area contributed by atoms with E-state index in [9.17, 15) is 14.0 Å². The van der Waals surface area contributed by atoms with Gasteiger partial charge in [-0.25, -0.2) is 9.18 Å². The Labute approximate surface area is 133 Å². The minimum atomic E-state index is -0.623. The van der Waals surface area contributed by atoms with E-state index in [4.69, 9.17) is 0 Å². The molecule has 2 N–H and O–H groups in total. The molecule has 6 nitrogen and oxygen atoms in total. The highest BCUT2D eigenvalue weighted by molar-refractivity contribution is 5.93. The van der Waals surface area contributed by atoms with Crippen LogP contribution in [0.2, 0.25) is 0 Å². The number of amides is 1. The Bertz CT molecular complexity index is 771. The number of aromatic nitrogens is 2. The molecule has 0 unspecified atom stereocenters. The number of nitrogens with one attached hydrogen (secondary N) is 2. The van der Waals surface area contributed by atoms with Crippen LogP contribution in [0.25, 0.3) is 11.3 Å². The van der Waals surface area contributed by atoms with Crippen molar-refractivity contribution in [1.29, 1.82) is 0 Å². The number of rotatable bonds is 5. The van der Waals surface area contributed by atoms with E-state index in [1.165, 1.54) is 18.2 Å². The van der Waals surface area contributed by atoms with Gasteiger partial charge in [-0.05, 0) is 50.8 Å². The Morgan fingerprint density at radius 2 is 2.09 bits per heavy atom. The molecule has 23 heavy (non-hydrogen) atoms. The van der Waals surface area contributed by atoms with E-state index < -0.39 is 5.69 Å². The summed E-state index contributed by atoms with van der Waals surface area (Å²) in [5, 5.41) is 2.72. The van der Waals surface area contributed by atoms with Gasteiger partial charge >= 0.3 is 5.69 Å². The fourth-order valence-corrected chi connectivity index (χ4v) is 2.02. The van der Waals surface area contributed by atoms with Gasteiger partial charge in [-0.3, -0.25) is 4.79 Å². The number of aryl methyl sites for hydroxylation is 1. The third-order valence-electron chi connectivity index (χ3n) is 3.29. The zero-order valence-electron chi connectivity index (χ0n) is 13.3. The monoisotopic (exact) mass is 318 g/mol. The molecule has 0 atom stereocenters. The zero-order chi connectivity index (χ0) is 17.0. The van der Waals surface area contributed by atoms with Crippen molar-refractivity contribution in [2.24, 2.45) is 0 Å². The molecule has 0 saturated carbocycles. The van der Waals surface area contributed by atoms with E-state index in [2.05, 4.69) is 15.3 Å². The molecule has 1 heterocycles. The first-order chi connectivity index (χ1) is 10.9. The summed E-state index contributed by atoms with van der Waals surface area (Å²) in [4.78, 5) is 32.0. The van der Waals surface area contributed by atoms with Crippen LogP contribution in [0, 0.1) is 12.7 Å². The van der Waals surface area contributed by atoms with Crippen molar-refractivity contribution >= 4 is 5.91 Å². The van der Waals surface area contributed by atoms with Crippen LogP contribution in [0.3, 0.4) is 0 Å². The number of carbonyl (C=O) groups is 1. The number of aromatic amines is 1. The van der Waals surface area contributed by atoms with Crippen molar-refractivity contribution < 1.29 is 9.18 Å². The maximum absolute atomic E-state index is 13.3. The van der Waals surface area contributed by atoms with Crippen LogP contribution in [-0.4, -0.2) is 48.0 Å². The van der Waals surface area contributed by atoms with Crippen molar-refractivity contribution in [3.05, 3.63) is 51.8 Å². The van der Waals surface area contributed by atoms with Crippen LogP contribution in [-0.2, 0) is 0 Å². The first-order valence-corrected chi connectivity index (χ1v) is 7.17. The Balaban J connectivity index is 2.26. The Kier molecular flexibility index (Phi) is 5.23. The topological polar surface area (TPSA) is 78.1 Å². The van der Waals surface area contributed by atoms with Crippen LogP contribution in [0.1, 0.15) is 16.1 Å². The molecule has 0 radical (unpaired) electrons. The molecule has 0 aliphatic rings. The van der Waals surface area contributed by atoms with Crippen molar-refractivity contribution in [1.82, 2.24) is 20.2 Å². The maximum Gasteiger partial charge on any atom is 0.346 e. The molecule has 7 heteroatoms. The van der Waals surface area contributed by atoms with Crippen molar-refractivity contribution in [2.75, 3.05) is 27.2 Å². The van der Waals surface area contributed by atoms with Gasteiger partial charge in [-0.2, -0.15) is 4.98 Å². The number of likely N-dealkylation sites (N-methyl/N-ethyl adjacent to an activating group) is 1. The molecule has 0 saturated heterocycles. The highest BCUT2D eigenvalue weighted by atomic mass is 19.1. The molecule has 1 aromatic carbocycles. The minimum Gasteiger partial charge on any atom is -0.349 e. The number of hydrogen-bond acceptors (Lipinski definition) is 4. The smallest absolute Gasteiger partial charge is 0.346 e. The number of nitrogens with zero attached hydrogens (tertiary/aromatic N) is 2. The molecule has 0 spiro atoms. The third kappa shape index (κ3) is 4.46. The molecule has 0 aliphatic carbocycles. The first kappa shape index (κ1) is 16.8. The first-order valence-electron chi connectivity index (χ1n) is 7.17. The van der Waals surface area contributed by atoms with E-state index in [1.807, 2.05) is 19.0 Å². The lowest BCUT2D eigenvalue weighted by Gasteiger charge is -2.10. The molecule has 1 aromatic heterocycles. The minimum absolute atomic E-state index is 0.126. The summed E-state index contributed by atoms with van der Waals surface area (Å²) in [6, 6.07) is 5.91. The average Bonchev–Trinajstić information content (AvgIpc) is 2.49. The SMILES string of the molecule is Cc1cc(-c2cc(C(=O)NCCN(C)C)[nH]c(=O)n2)ccc1F. The van der Waals surface area contributed by atoms with Crippen LogP contribution in [0.15, 0.2) is 29.1 Å². The lowest BCUT2D eigenvalue weighted by atomic mass is 10.1. The summed E-state index contributed by atoms with van der Waals surface area (Å²) in [6.45, 7) is 2.77. The Hall–Kier alpha value is -2.54. The van der Waals surface area contributed by atoms with Crippen molar-refractivity contribution in [2.45, 2.75) is 6.92 Å². The molecule has 2 aromatic rings. The lowest BCUT2D eigenvalue weighted by molar-refractivity contribution is 0.0945. The predicted molar refractivity (Wildman–Crippen MR) is 85.9 cm³/mol. The standard InChI is InChI=1S/C16H19FN4O2/c1-10-8-11(4-5-12(10)17)13-9-14(20-16(23)19-13)15(22)18-6-7-21(2)3/h4-5,8-9H,6-7H2,1-3H3,(H,18,22)(H,19,20,23). The van der Waals surface area contributed by atoms with E-state index in [0.29, 0.717) is 29.9 Å². The van der Waals surface area contributed by atoms with Crippen molar-refractivity contribution in [3.8, 4) is 11.3 Å². The van der Waals surface area contributed by atoms with E-state index in [0.717, 1.165) is 0 Å². The Morgan fingerprint density at radius 3 is 2.74 bits per heavy atom. The number of carbonyl (C=O) groups excluding carboxylic acids is 1. The fraction of sp³-hybridized carbons (Fsp3) is 0.312. The van der Waals surface area contributed by atoms with Crippen LogP contribution in [0.5, 0.6) is 0 Å². The maximum atomic E-state index is 13.3. The second-order valence-electron chi connectivity index (χ2n) is 5.51. The summed E-state index contributed by atoms with van der Waals surface area (Å²) >= 11 is 0.